The average molecular weight is 266 g/mol. The number of ether oxygens (including phenoxy) is 2. The third kappa shape index (κ3) is 3.42. The number of carbonyl (C=O) groups is 1. The number of hydrogen-bond acceptors (Lipinski definition) is 7. The Morgan fingerprint density at radius 1 is 1.21 bits per heavy atom. The van der Waals surface area contributed by atoms with E-state index < -0.39 is 0 Å². The molecule has 19 heavy (non-hydrogen) atoms. The molecule has 104 valence electrons. The first kappa shape index (κ1) is 13.8. The summed E-state index contributed by atoms with van der Waals surface area (Å²) in [5.74, 6) is 0.460. The van der Waals surface area contributed by atoms with Gasteiger partial charge in [0.25, 0.3) is 0 Å². The fourth-order valence-corrected chi connectivity index (χ4v) is 2.01. The second-order valence-corrected chi connectivity index (χ2v) is 4.18. The number of nitrogens with one attached hydrogen (secondary N) is 4. The van der Waals surface area contributed by atoms with Gasteiger partial charge in [0.1, 0.15) is 5.75 Å². The quantitative estimate of drug-likeness (QED) is 0.549. The predicted octanol–water partition coefficient (Wildman–Crippen LogP) is -0.215. The van der Waals surface area contributed by atoms with Gasteiger partial charge in [0.05, 0.1) is 26.8 Å². The fourth-order valence-electron chi connectivity index (χ4n) is 2.01. The molecule has 0 spiro atoms. The molecule has 0 aliphatic carbocycles. The number of methoxy groups -OCH3 is 2. The standard InChI is InChI=1S/C12H18N4O3/c1-18-9-5-3-8(4-6-9)10(7-11(17)19-2)12-13-15-16-14-12/h3-6,10,12-16H,7H2,1-2H3. The second kappa shape index (κ2) is 6.48. The Balaban J connectivity index is 2.16. The Bertz CT molecular complexity index is 417. The van der Waals surface area contributed by atoms with Crippen LogP contribution in [0.3, 0.4) is 0 Å². The molecular weight excluding hydrogens is 248 g/mol. The number of rotatable bonds is 5. The number of hydrogen-bond donors (Lipinski definition) is 4. The Hall–Kier alpha value is -1.67. The molecule has 1 heterocycles. The van der Waals surface area contributed by atoms with Gasteiger partial charge in [0, 0.05) is 5.92 Å². The zero-order valence-electron chi connectivity index (χ0n) is 10.9. The molecule has 0 amide bonds. The fraction of sp³-hybridized carbons (Fsp3) is 0.417. The van der Waals surface area contributed by atoms with Crippen LogP contribution in [-0.4, -0.2) is 26.4 Å². The highest BCUT2D eigenvalue weighted by atomic mass is 16.5. The molecule has 0 bridgehead atoms. The van der Waals surface area contributed by atoms with Gasteiger partial charge in [0.15, 0.2) is 0 Å². The molecule has 2 rings (SSSR count). The van der Waals surface area contributed by atoms with Crippen LogP contribution in [0.1, 0.15) is 17.9 Å². The largest absolute Gasteiger partial charge is 0.497 e. The smallest absolute Gasteiger partial charge is 0.306 e. The first-order chi connectivity index (χ1) is 9.24. The van der Waals surface area contributed by atoms with Gasteiger partial charge in [-0.1, -0.05) is 12.1 Å². The van der Waals surface area contributed by atoms with Crippen LogP contribution in [0, 0.1) is 0 Å². The molecule has 0 radical (unpaired) electrons. The monoisotopic (exact) mass is 266 g/mol. The molecule has 1 unspecified atom stereocenters. The van der Waals surface area contributed by atoms with Crippen molar-refractivity contribution >= 4 is 5.97 Å². The Kier molecular flexibility index (Phi) is 4.69. The summed E-state index contributed by atoms with van der Waals surface area (Å²) < 4.78 is 9.88. The summed E-state index contributed by atoms with van der Waals surface area (Å²) in [5.41, 5.74) is 12.5. The lowest BCUT2D eigenvalue weighted by Gasteiger charge is -2.22. The maximum Gasteiger partial charge on any atom is 0.306 e. The third-order valence-corrected chi connectivity index (χ3v) is 3.08. The first-order valence-electron chi connectivity index (χ1n) is 5.96. The van der Waals surface area contributed by atoms with Crippen molar-refractivity contribution in [3.8, 4) is 5.75 Å². The van der Waals surface area contributed by atoms with Gasteiger partial charge < -0.3 is 9.47 Å². The van der Waals surface area contributed by atoms with E-state index in [4.69, 9.17) is 9.47 Å². The van der Waals surface area contributed by atoms with E-state index in [9.17, 15) is 4.79 Å². The summed E-state index contributed by atoms with van der Waals surface area (Å²) >= 11 is 0. The normalized spacial score (nSPS) is 17.2. The second-order valence-electron chi connectivity index (χ2n) is 4.18. The van der Waals surface area contributed by atoms with Gasteiger partial charge in [-0.15, -0.1) is 0 Å². The van der Waals surface area contributed by atoms with Gasteiger partial charge in [-0.05, 0) is 17.7 Å². The van der Waals surface area contributed by atoms with E-state index >= 15 is 0 Å². The van der Waals surface area contributed by atoms with Gasteiger partial charge in [-0.2, -0.15) is 11.1 Å². The zero-order chi connectivity index (χ0) is 13.7. The molecule has 0 saturated carbocycles. The van der Waals surface area contributed by atoms with E-state index in [1.54, 1.807) is 7.11 Å². The van der Waals surface area contributed by atoms with Crippen LogP contribution < -0.4 is 26.7 Å². The molecule has 1 fully saturated rings. The van der Waals surface area contributed by atoms with Crippen molar-refractivity contribution in [2.24, 2.45) is 0 Å². The van der Waals surface area contributed by atoms with Crippen molar-refractivity contribution in [1.29, 1.82) is 0 Å². The van der Waals surface area contributed by atoms with Gasteiger partial charge in [-0.3, -0.25) is 4.79 Å². The molecule has 7 heteroatoms. The van der Waals surface area contributed by atoms with Gasteiger partial charge in [0.2, 0.25) is 0 Å². The maximum atomic E-state index is 11.5. The molecule has 1 aromatic rings. The maximum absolute atomic E-state index is 11.5. The van der Waals surface area contributed by atoms with Gasteiger partial charge in [-0.25, -0.2) is 10.9 Å². The molecule has 1 aromatic carbocycles. The molecule has 1 aliphatic rings. The van der Waals surface area contributed by atoms with Gasteiger partial charge >= 0.3 is 5.97 Å². The first-order valence-corrected chi connectivity index (χ1v) is 5.96. The van der Waals surface area contributed by atoms with Crippen molar-refractivity contribution in [1.82, 2.24) is 21.9 Å². The number of carbonyl (C=O) groups excluding carboxylic acids is 1. The number of esters is 1. The SMILES string of the molecule is COC(=O)CC(c1ccc(OC)cc1)C1NNNN1. The zero-order valence-corrected chi connectivity index (χ0v) is 10.9. The van der Waals surface area contributed by atoms with Crippen LogP contribution in [-0.2, 0) is 9.53 Å². The third-order valence-electron chi connectivity index (χ3n) is 3.08. The molecule has 7 nitrogen and oxygen atoms in total. The Morgan fingerprint density at radius 3 is 2.37 bits per heavy atom. The van der Waals surface area contributed by atoms with Crippen molar-refractivity contribution in [3.63, 3.8) is 0 Å². The van der Waals surface area contributed by atoms with E-state index in [1.807, 2.05) is 24.3 Å². The summed E-state index contributed by atoms with van der Waals surface area (Å²) in [4.78, 5) is 11.5. The molecule has 0 aromatic heterocycles. The van der Waals surface area contributed by atoms with Crippen LogP contribution in [0.4, 0.5) is 0 Å². The van der Waals surface area contributed by atoms with E-state index in [-0.39, 0.29) is 24.5 Å². The summed E-state index contributed by atoms with van der Waals surface area (Å²) in [5, 5.41) is 0. The summed E-state index contributed by atoms with van der Waals surface area (Å²) in [6.45, 7) is 0. The summed E-state index contributed by atoms with van der Waals surface area (Å²) in [7, 11) is 3.01. The minimum atomic E-state index is -0.253. The van der Waals surface area contributed by atoms with Crippen LogP contribution >= 0.6 is 0 Å². The van der Waals surface area contributed by atoms with E-state index in [2.05, 4.69) is 21.9 Å². The van der Waals surface area contributed by atoms with Crippen molar-refractivity contribution in [2.45, 2.75) is 18.5 Å². The van der Waals surface area contributed by atoms with Crippen molar-refractivity contribution in [3.05, 3.63) is 29.8 Å². The molecule has 1 atom stereocenters. The lowest BCUT2D eigenvalue weighted by molar-refractivity contribution is -0.141. The predicted molar refractivity (Wildman–Crippen MR) is 68.7 cm³/mol. The number of benzene rings is 1. The van der Waals surface area contributed by atoms with Crippen LogP contribution in [0.2, 0.25) is 0 Å². The Morgan fingerprint density at radius 2 is 1.84 bits per heavy atom. The molecule has 1 saturated heterocycles. The van der Waals surface area contributed by atoms with E-state index in [0.717, 1.165) is 11.3 Å². The minimum Gasteiger partial charge on any atom is -0.497 e. The highest BCUT2D eigenvalue weighted by molar-refractivity contribution is 5.70. The lowest BCUT2D eigenvalue weighted by Crippen LogP contribution is -2.40. The molecule has 4 N–H and O–H groups in total. The minimum absolute atomic E-state index is 0.0687. The average Bonchev–Trinajstić information content (AvgIpc) is 2.98. The lowest BCUT2D eigenvalue weighted by atomic mass is 9.93. The van der Waals surface area contributed by atoms with Crippen LogP contribution in [0.15, 0.2) is 24.3 Å². The number of hydrazine groups is 3. The highest BCUT2D eigenvalue weighted by Gasteiger charge is 2.28. The van der Waals surface area contributed by atoms with E-state index in [1.165, 1.54) is 7.11 Å². The topological polar surface area (TPSA) is 83.7 Å². The molecule has 1 aliphatic heterocycles. The highest BCUT2D eigenvalue weighted by Crippen LogP contribution is 2.25. The van der Waals surface area contributed by atoms with Crippen LogP contribution in [0.25, 0.3) is 0 Å². The molecular formula is C12H18N4O3. The van der Waals surface area contributed by atoms with E-state index in [0.29, 0.717) is 0 Å². The van der Waals surface area contributed by atoms with Crippen molar-refractivity contribution < 1.29 is 14.3 Å². The summed E-state index contributed by atoms with van der Waals surface area (Å²) in [6.07, 6.45) is 0.157. The van der Waals surface area contributed by atoms with Crippen LogP contribution in [0.5, 0.6) is 5.75 Å². The Labute approximate surface area is 111 Å². The summed E-state index contributed by atoms with van der Waals surface area (Å²) in [6, 6.07) is 7.62. The van der Waals surface area contributed by atoms with Crippen molar-refractivity contribution in [2.75, 3.05) is 14.2 Å².